The van der Waals surface area contributed by atoms with Gasteiger partial charge in [0.1, 0.15) is 11.6 Å². The third-order valence-corrected chi connectivity index (χ3v) is 3.56. The van der Waals surface area contributed by atoms with Gasteiger partial charge in [-0.05, 0) is 24.3 Å². The molecule has 24 heavy (non-hydrogen) atoms. The molecule has 0 unspecified atom stereocenters. The highest BCUT2D eigenvalue weighted by molar-refractivity contribution is 6.24. The fourth-order valence-electron chi connectivity index (χ4n) is 2.40. The zero-order valence-corrected chi connectivity index (χ0v) is 12.7. The number of rotatable bonds is 4. The average molecular weight is 328 g/mol. The number of carbonyl (C=O) groups excluding carboxylic acids is 3. The molecule has 0 saturated heterocycles. The van der Waals surface area contributed by atoms with E-state index >= 15 is 0 Å². The summed E-state index contributed by atoms with van der Waals surface area (Å²) in [6.45, 7) is -0.356. The molecule has 0 radical (unpaired) electrons. The number of benzene rings is 2. The van der Waals surface area contributed by atoms with E-state index in [0.717, 1.165) is 11.0 Å². The molecular weight excluding hydrogens is 315 g/mol. The minimum absolute atomic E-state index is 0.157. The van der Waals surface area contributed by atoms with Crippen LogP contribution in [0.2, 0.25) is 0 Å². The van der Waals surface area contributed by atoms with E-state index in [2.05, 4.69) is 5.32 Å². The highest BCUT2D eigenvalue weighted by atomic mass is 19.1. The Balaban J connectivity index is 1.72. The third kappa shape index (κ3) is 2.83. The van der Waals surface area contributed by atoms with E-state index in [1.54, 1.807) is 6.07 Å². The van der Waals surface area contributed by atoms with Crippen LogP contribution >= 0.6 is 0 Å². The molecule has 0 aliphatic carbocycles. The van der Waals surface area contributed by atoms with Crippen molar-refractivity contribution in [3.05, 3.63) is 59.4 Å². The van der Waals surface area contributed by atoms with Crippen LogP contribution in [0.4, 0.5) is 10.1 Å². The first kappa shape index (κ1) is 15.7. The van der Waals surface area contributed by atoms with E-state index in [1.807, 2.05) is 0 Å². The van der Waals surface area contributed by atoms with Crippen LogP contribution in [0.15, 0.2) is 42.5 Å². The van der Waals surface area contributed by atoms with Crippen molar-refractivity contribution in [1.82, 2.24) is 4.90 Å². The van der Waals surface area contributed by atoms with Gasteiger partial charge < -0.3 is 10.1 Å². The van der Waals surface area contributed by atoms with Gasteiger partial charge >= 0.3 is 0 Å². The van der Waals surface area contributed by atoms with E-state index in [-0.39, 0.29) is 29.2 Å². The summed E-state index contributed by atoms with van der Waals surface area (Å²) >= 11 is 0. The second kappa shape index (κ2) is 6.11. The molecular formula is C17H13FN2O4. The Labute approximate surface area is 136 Å². The molecule has 7 heteroatoms. The second-order valence-electron chi connectivity index (χ2n) is 5.19. The molecule has 0 atom stereocenters. The Bertz CT molecular complexity index is 850. The van der Waals surface area contributed by atoms with Crippen LogP contribution < -0.4 is 10.1 Å². The third-order valence-electron chi connectivity index (χ3n) is 3.56. The largest absolute Gasteiger partial charge is 0.484 e. The molecule has 2 aromatic carbocycles. The van der Waals surface area contributed by atoms with Gasteiger partial charge in [-0.3, -0.25) is 19.3 Å². The molecule has 0 aromatic heterocycles. The first-order chi connectivity index (χ1) is 11.5. The van der Waals surface area contributed by atoms with Gasteiger partial charge in [0.25, 0.3) is 17.7 Å². The number of carbonyl (C=O) groups is 3. The molecule has 0 spiro atoms. The number of nitrogens with one attached hydrogen (secondary N) is 1. The van der Waals surface area contributed by atoms with E-state index in [9.17, 15) is 18.8 Å². The summed E-state index contributed by atoms with van der Waals surface area (Å²) in [5.74, 6) is -1.67. The summed E-state index contributed by atoms with van der Waals surface area (Å²) in [5, 5.41) is 2.54. The van der Waals surface area contributed by atoms with Crippen LogP contribution in [0, 0.1) is 5.82 Å². The number of nitrogens with zero attached hydrogens (tertiary/aromatic N) is 1. The van der Waals surface area contributed by atoms with Crippen molar-refractivity contribution in [2.45, 2.75) is 0 Å². The molecule has 2 aromatic rings. The van der Waals surface area contributed by atoms with Gasteiger partial charge in [0.2, 0.25) is 0 Å². The van der Waals surface area contributed by atoms with E-state index in [1.165, 1.54) is 37.4 Å². The van der Waals surface area contributed by atoms with Crippen molar-refractivity contribution in [3.63, 3.8) is 0 Å². The van der Waals surface area contributed by atoms with E-state index in [0.29, 0.717) is 0 Å². The van der Waals surface area contributed by atoms with Crippen molar-refractivity contribution >= 4 is 23.4 Å². The van der Waals surface area contributed by atoms with E-state index in [4.69, 9.17) is 4.74 Å². The normalized spacial score (nSPS) is 13.0. The van der Waals surface area contributed by atoms with Crippen molar-refractivity contribution in [1.29, 1.82) is 0 Å². The summed E-state index contributed by atoms with van der Waals surface area (Å²) in [6, 6.07) is 10.0. The summed E-state index contributed by atoms with van der Waals surface area (Å²) in [6.07, 6.45) is 0. The molecule has 6 nitrogen and oxygen atoms in total. The number of hydrogen-bond donors (Lipinski definition) is 1. The van der Waals surface area contributed by atoms with Gasteiger partial charge in [-0.2, -0.15) is 0 Å². The highest BCUT2D eigenvalue weighted by Crippen LogP contribution is 2.28. The molecule has 3 amide bonds. The number of hydrogen-bond acceptors (Lipinski definition) is 4. The zero-order valence-electron chi connectivity index (χ0n) is 12.7. The number of ether oxygens (including phenoxy) is 1. The first-order valence-electron chi connectivity index (χ1n) is 7.11. The van der Waals surface area contributed by atoms with Crippen LogP contribution in [-0.4, -0.2) is 36.3 Å². The molecule has 0 fully saturated rings. The van der Waals surface area contributed by atoms with Gasteiger partial charge in [0.05, 0.1) is 16.8 Å². The smallest absolute Gasteiger partial charge is 0.263 e. The molecule has 1 aliphatic rings. The molecule has 1 heterocycles. The van der Waals surface area contributed by atoms with E-state index < -0.39 is 23.5 Å². The fourth-order valence-corrected chi connectivity index (χ4v) is 2.40. The molecule has 122 valence electrons. The maximum absolute atomic E-state index is 13.1. The zero-order chi connectivity index (χ0) is 17.3. The summed E-state index contributed by atoms with van der Waals surface area (Å²) < 4.78 is 18.2. The Morgan fingerprint density at radius 3 is 2.67 bits per heavy atom. The topological polar surface area (TPSA) is 75.7 Å². The molecule has 0 bridgehead atoms. The lowest BCUT2D eigenvalue weighted by Crippen LogP contribution is -2.25. The van der Waals surface area contributed by atoms with Crippen LogP contribution in [-0.2, 0) is 4.79 Å². The van der Waals surface area contributed by atoms with Gasteiger partial charge in [-0.15, -0.1) is 0 Å². The lowest BCUT2D eigenvalue weighted by Gasteiger charge is -2.10. The van der Waals surface area contributed by atoms with Crippen LogP contribution in [0.3, 0.4) is 0 Å². The standard InChI is InChI=1S/C17H13FN2O4/c1-20-16(22)12-6-3-7-13(15(12)17(20)23)19-14(21)9-24-11-5-2-4-10(18)8-11/h2-8H,9H2,1H3,(H,19,21). The van der Waals surface area contributed by atoms with Gasteiger partial charge in [0, 0.05) is 13.1 Å². The Kier molecular flexibility index (Phi) is 3.99. The Morgan fingerprint density at radius 2 is 1.92 bits per heavy atom. The lowest BCUT2D eigenvalue weighted by atomic mass is 10.1. The molecule has 0 saturated carbocycles. The fraction of sp³-hybridized carbons (Fsp3) is 0.118. The summed E-state index contributed by atoms with van der Waals surface area (Å²) in [5.41, 5.74) is 0.637. The number of anilines is 1. The number of imide groups is 1. The van der Waals surface area contributed by atoms with Crippen LogP contribution in [0.5, 0.6) is 5.75 Å². The maximum Gasteiger partial charge on any atom is 0.263 e. The van der Waals surface area contributed by atoms with Crippen LogP contribution in [0.1, 0.15) is 20.7 Å². The van der Waals surface area contributed by atoms with Gasteiger partial charge in [-0.25, -0.2) is 4.39 Å². The minimum atomic E-state index is -0.525. The van der Waals surface area contributed by atoms with Crippen molar-refractivity contribution in [3.8, 4) is 5.75 Å². The van der Waals surface area contributed by atoms with Gasteiger partial charge in [-0.1, -0.05) is 12.1 Å². The monoisotopic (exact) mass is 328 g/mol. The van der Waals surface area contributed by atoms with Gasteiger partial charge in [0.15, 0.2) is 6.61 Å². The highest BCUT2D eigenvalue weighted by Gasteiger charge is 2.35. The average Bonchev–Trinajstić information content (AvgIpc) is 2.79. The molecule has 1 N–H and O–H groups in total. The summed E-state index contributed by atoms with van der Waals surface area (Å²) in [4.78, 5) is 37.0. The maximum atomic E-state index is 13.1. The first-order valence-corrected chi connectivity index (χ1v) is 7.11. The number of amides is 3. The van der Waals surface area contributed by atoms with Crippen molar-refractivity contribution < 1.29 is 23.5 Å². The number of halogens is 1. The van der Waals surface area contributed by atoms with Crippen molar-refractivity contribution in [2.24, 2.45) is 0 Å². The Hall–Kier alpha value is -3.22. The molecule has 1 aliphatic heterocycles. The number of fused-ring (bicyclic) bond motifs is 1. The van der Waals surface area contributed by atoms with Crippen LogP contribution in [0.25, 0.3) is 0 Å². The quantitative estimate of drug-likeness (QED) is 0.872. The SMILES string of the molecule is CN1C(=O)c2cccc(NC(=O)COc3cccc(F)c3)c2C1=O. The second-order valence-corrected chi connectivity index (χ2v) is 5.19. The predicted molar refractivity (Wildman–Crippen MR) is 83.4 cm³/mol. The molecule has 3 rings (SSSR count). The summed E-state index contributed by atoms with van der Waals surface area (Å²) in [7, 11) is 1.38. The Morgan fingerprint density at radius 1 is 1.17 bits per heavy atom. The minimum Gasteiger partial charge on any atom is -0.484 e. The predicted octanol–water partition coefficient (Wildman–Crippen LogP) is 2.07. The lowest BCUT2D eigenvalue weighted by molar-refractivity contribution is -0.118. The van der Waals surface area contributed by atoms with Crippen molar-refractivity contribution in [2.75, 3.05) is 19.0 Å².